The van der Waals surface area contributed by atoms with Gasteiger partial charge in [-0.3, -0.25) is 4.57 Å². The van der Waals surface area contributed by atoms with Crippen LogP contribution in [0.15, 0.2) is 79.1 Å². The van der Waals surface area contributed by atoms with E-state index in [1.165, 1.54) is 11.1 Å². The first-order valence-corrected chi connectivity index (χ1v) is 8.61. The van der Waals surface area contributed by atoms with Crippen molar-refractivity contribution in [2.75, 3.05) is 5.32 Å². The van der Waals surface area contributed by atoms with Gasteiger partial charge in [-0.15, -0.1) is 10.2 Å². The van der Waals surface area contributed by atoms with E-state index in [2.05, 4.69) is 90.0 Å². The van der Waals surface area contributed by atoms with Crippen molar-refractivity contribution in [2.45, 2.75) is 13.8 Å². The lowest BCUT2D eigenvalue weighted by Crippen LogP contribution is -1.99. The molecule has 0 aliphatic carbocycles. The number of aryl methyl sites for hydroxylation is 2. The van der Waals surface area contributed by atoms with Crippen molar-refractivity contribution in [2.24, 2.45) is 0 Å². The highest BCUT2D eigenvalue weighted by Crippen LogP contribution is 2.30. The number of nitrogens with zero attached hydrogens (tertiary/aromatic N) is 3. The first-order chi connectivity index (χ1) is 12.7. The summed E-state index contributed by atoms with van der Waals surface area (Å²) in [6, 6.07) is 24.9. The van der Waals surface area contributed by atoms with Crippen molar-refractivity contribution in [3.05, 3.63) is 90.3 Å². The van der Waals surface area contributed by atoms with Gasteiger partial charge in [-0.05, 0) is 50.2 Å². The van der Waals surface area contributed by atoms with Crippen LogP contribution < -0.4 is 5.32 Å². The second-order valence-electron chi connectivity index (χ2n) is 6.40. The Morgan fingerprint density at radius 3 is 2.15 bits per heavy atom. The third kappa shape index (κ3) is 3.22. The molecule has 0 unspecified atom stereocenters. The second kappa shape index (κ2) is 6.84. The average Bonchev–Trinajstić information content (AvgIpc) is 3.14. The predicted molar refractivity (Wildman–Crippen MR) is 106 cm³/mol. The van der Waals surface area contributed by atoms with Gasteiger partial charge < -0.3 is 5.32 Å². The molecule has 0 atom stereocenters. The normalized spacial score (nSPS) is 10.7. The molecule has 128 valence electrons. The molecule has 26 heavy (non-hydrogen) atoms. The number of hydrogen-bond acceptors (Lipinski definition) is 3. The highest BCUT2D eigenvalue weighted by atomic mass is 15.3. The SMILES string of the molecule is Cc1ccc(Nc2ccccc2-c2nncn2-c2ccc(C)cc2)cc1. The number of anilines is 2. The number of benzene rings is 3. The average molecular weight is 340 g/mol. The summed E-state index contributed by atoms with van der Waals surface area (Å²) >= 11 is 0. The Kier molecular flexibility index (Phi) is 4.23. The summed E-state index contributed by atoms with van der Waals surface area (Å²) in [7, 11) is 0. The van der Waals surface area contributed by atoms with E-state index in [1.54, 1.807) is 6.33 Å². The molecule has 1 N–H and O–H groups in total. The molecular formula is C22H20N4. The molecule has 4 heteroatoms. The van der Waals surface area contributed by atoms with Gasteiger partial charge in [-0.25, -0.2) is 0 Å². The summed E-state index contributed by atoms with van der Waals surface area (Å²) in [6.45, 7) is 4.17. The van der Waals surface area contributed by atoms with Gasteiger partial charge in [0.2, 0.25) is 0 Å². The van der Waals surface area contributed by atoms with Crippen LogP contribution in [0.25, 0.3) is 17.1 Å². The van der Waals surface area contributed by atoms with Gasteiger partial charge in [0, 0.05) is 22.6 Å². The molecule has 0 saturated carbocycles. The number of rotatable bonds is 4. The third-order valence-electron chi connectivity index (χ3n) is 4.36. The maximum absolute atomic E-state index is 4.37. The quantitative estimate of drug-likeness (QED) is 0.548. The van der Waals surface area contributed by atoms with Gasteiger partial charge >= 0.3 is 0 Å². The van der Waals surface area contributed by atoms with Gasteiger partial charge in [0.25, 0.3) is 0 Å². The molecule has 0 aliphatic heterocycles. The minimum Gasteiger partial charge on any atom is -0.355 e. The van der Waals surface area contributed by atoms with E-state index in [4.69, 9.17) is 0 Å². The van der Waals surface area contributed by atoms with E-state index in [0.717, 1.165) is 28.5 Å². The van der Waals surface area contributed by atoms with Crippen LogP contribution in [0.5, 0.6) is 0 Å². The maximum Gasteiger partial charge on any atom is 0.170 e. The third-order valence-corrected chi connectivity index (χ3v) is 4.36. The van der Waals surface area contributed by atoms with Crippen LogP contribution in [0.3, 0.4) is 0 Å². The van der Waals surface area contributed by atoms with Crippen molar-refractivity contribution < 1.29 is 0 Å². The molecule has 1 heterocycles. The lowest BCUT2D eigenvalue weighted by molar-refractivity contribution is 1.06. The highest BCUT2D eigenvalue weighted by molar-refractivity contribution is 5.78. The molecule has 0 spiro atoms. The standard InChI is InChI=1S/C22H20N4/c1-16-7-11-18(12-8-16)24-21-6-4-3-5-20(21)22-25-23-15-26(22)19-13-9-17(2)10-14-19/h3-15,24H,1-2H3. The summed E-state index contributed by atoms with van der Waals surface area (Å²) in [5, 5.41) is 12.0. The van der Waals surface area contributed by atoms with Crippen molar-refractivity contribution in [1.29, 1.82) is 0 Å². The van der Waals surface area contributed by atoms with Crippen molar-refractivity contribution in [1.82, 2.24) is 14.8 Å². The number of para-hydroxylation sites is 1. The zero-order valence-corrected chi connectivity index (χ0v) is 14.8. The molecule has 0 bridgehead atoms. The van der Waals surface area contributed by atoms with Gasteiger partial charge in [0.05, 0.1) is 0 Å². The fourth-order valence-corrected chi connectivity index (χ4v) is 2.89. The van der Waals surface area contributed by atoms with E-state index in [0.29, 0.717) is 0 Å². The molecule has 0 saturated heterocycles. The minimum absolute atomic E-state index is 0.809. The van der Waals surface area contributed by atoms with E-state index >= 15 is 0 Å². The summed E-state index contributed by atoms with van der Waals surface area (Å²) < 4.78 is 2.01. The molecule has 3 aromatic carbocycles. The zero-order valence-electron chi connectivity index (χ0n) is 14.8. The van der Waals surface area contributed by atoms with Crippen LogP contribution in [0, 0.1) is 13.8 Å². The Balaban J connectivity index is 1.74. The summed E-state index contributed by atoms with van der Waals surface area (Å²) in [4.78, 5) is 0. The van der Waals surface area contributed by atoms with Crippen molar-refractivity contribution in [3.8, 4) is 17.1 Å². The Bertz CT molecular complexity index is 1010. The van der Waals surface area contributed by atoms with Crippen molar-refractivity contribution >= 4 is 11.4 Å². The van der Waals surface area contributed by atoms with Gasteiger partial charge in [-0.1, -0.05) is 47.5 Å². The van der Waals surface area contributed by atoms with Crippen LogP contribution in [0.2, 0.25) is 0 Å². The van der Waals surface area contributed by atoms with Crippen LogP contribution in [-0.2, 0) is 0 Å². The largest absolute Gasteiger partial charge is 0.355 e. The molecule has 0 fully saturated rings. The molecule has 0 radical (unpaired) electrons. The Hall–Kier alpha value is -3.40. The number of nitrogens with one attached hydrogen (secondary N) is 1. The summed E-state index contributed by atoms with van der Waals surface area (Å²) in [6.07, 6.45) is 1.75. The molecule has 4 rings (SSSR count). The number of hydrogen-bond donors (Lipinski definition) is 1. The van der Waals surface area contributed by atoms with Gasteiger partial charge in [0.1, 0.15) is 6.33 Å². The van der Waals surface area contributed by atoms with Crippen LogP contribution in [0.4, 0.5) is 11.4 Å². The molecule has 4 aromatic rings. The van der Waals surface area contributed by atoms with E-state index in [1.807, 2.05) is 16.7 Å². The number of aromatic nitrogens is 3. The molecule has 0 amide bonds. The Morgan fingerprint density at radius 2 is 1.42 bits per heavy atom. The molecule has 4 nitrogen and oxygen atoms in total. The highest BCUT2D eigenvalue weighted by Gasteiger charge is 2.13. The topological polar surface area (TPSA) is 42.7 Å². The molecular weight excluding hydrogens is 320 g/mol. The smallest absolute Gasteiger partial charge is 0.170 e. The van der Waals surface area contributed by atoms with Crippen LogP contribution in [-0.4, -0.2) is 14.8 Å². The fraction of sp³-hybridized carbons (Fsp3) is 0.0909. The predicted octanol–water partition coefficient (Wildman–Crippen LogP) is 5.29. The lowest BCUT2D eigenvalue weighted by atomic mass is 10.1. The van der Waals surface area contributed by atoms with Crippen molar-refractivity contribution in [3.63, 3.8) is 0 Å². The van der Waals surface area contributed by atoms with Crippen LogP contribution >= 0.6 is 0 Å². The second-order valence-corrected chi connectivity index (χ2v) is 6.40. The fourth-order valence-electron chi connectivity index (χ4n) is 2.89. The zero-order chi connectivity index (χ0) is 17.9. The maximum atomic E-state index is 4.37. The van der Waals surface area contributed by atoms with E-state index in [-0.39, 0.29) is 0 Å². The first-order valence-electron chi connectivity index (χ1n) is 8.61. The van der Waals surface area contributed by atoms with E-state index in [9.17, 15) is 0 Å². The first kappa shape index (κ1) is 16.1. The molecule has 1 aromatic heterocycles. The molecule has 0 aliphatic rings. The van der Waals surface area contributed by atoms with Crippen LogP contribution in [0.1, 0.15) is 11.1 Å². The monoisotopic (exact) mass is 340 g/mol. The minimum atomic E-state index is 0.809. The van der Waals surface area contributed by atoms with Gasteiger partial charge in [0.15, 0.2) is 5.82 Å². The van der Waals surface area contributed by atoms with E-state index < -0.39 is 0 Å². The Labute approximate surface area is 153 Å². The Morgan fingerprint density at radius 1 is 0.769 bits per heavy atom. The summed E-state index contributed by atoms with van der Waals surface area (Å²) in [5.74, 6) is 0.809. The summed E-state index contributed by atoms with van der Waals surface area (Å²) in [5.41, 5.74) is 6.56. The lowest BCUT2D eigenvalue weighted by Gasteiger charge is -2.13. The van der Waals surface area contributed by atoms with Gasteiger partial charge in [-0.2, -0.15) is 0 Å².